The van der Waals surface area contributed by atoms with Gasteiger partial charge in [-0.15, -0.1) is 0 Å². The van der Waals surface area contributed by atoms with Gasteiger partial charge in [-0.05, 0) is 25.5 Å². The zero-order chi connectivity index (χ0) is 10.7. The van der Waals surface area contributed by atoms with Crippen LogP contribution < -0.4 is 0 Å². The molecule has 0 heterocycles. The van der Waals surface area contributed by atoms with Crippen molar-refractivity contribution in [2.45, 2.75) is 27.2 Å². The summed E-state index contributed by atoms with van der Waals surface area (Å²) in [5.74, 6) is -0.624. The Hall–Kier alpha value is -1.18. The molecule has 0 fully saturated rings. The lowest BCUT2D eigenvalue weighted by Crippen LogP contribution is -2.12. The van der Waals surface area contributed by atoms with E-state index in [2.05, 4.69) is 0 Å². The van der Waals surface area contributed by atoms with Crippen LogP contribution in [0.1, 0.15) is 36.2 Å². The van der Waals surface area contributed by atoms with Crippen LogP contribution in [-0.4, -0.2) is 5.78 Å². The molecule has 1 aromatic rings. The molecule has 1 unspecified atom stereocenters. The molecule has 14 heavy (non-hydrogen) atoms. The number of Topliss-reactive ketones (excluding diaryl/α,β-unsaturated/α-hetero) is 1. The van der Waals surface area contributed by atoms with Crippen LogP contribution >= 0.6 is 0 Å². The summed E-state index contributed by atoms with van der Waals surface area (Å²) in [7, 11) is 0. The van der Waals surface area contributed by atoms with Crippen molar-refractivity contribution in [2.24, 2.45) is 5.92 Å². The number of rotatable bonds is 3. The van der Waals surface area contributed by atoms with Crippen molar-refractivity contribution in [3.05, 3.63) is 35.1 Å². The minimum Gasteiger partial charge on any atom is -0.294 e. The Balaban J connectivity index is 3.06. The van der Waals surface area contributed by atoms with E-state index in [9.17, 15) is 9.18 Å². The molecule has 0 aliphatic heterocycles. The maximum absolute atomic E-state index is 13.3. The summed E-state index contributed by atoms with van der Waals surface area (Å²) in [5, 5.41) is 0. The number of ketones is 1. The molecule has 76 valence electrons. The van der Waals surface area contributed by atoms with Gasteiger partial charge in [0.25, 0.3) is 0 Å². The lowest BCUT2D eigenvalue weighted by Gasteiger charge is -2.08. The van der Waals surface area contributed by atoms with Crippen LogP contribution in [0.2, 0.25) is 0 Å². The van der Waals surface area contributed by atoms with Crippen LogP contribution in [0.25, 0.3) is 0 Å². The van der Waals surface area contributed by atoms with Gasteiger partial charge in [0.1, 0.15) is 5.82 Å². The number of carbonyl (C=O) groups is 1. The van der Waals surface area contributed by atoms with Gasteiger partial charge in [-0.2, -0.15) is 0 Å². The molecule has 2 heteroatoms. The Labute approximate surface area is 83.9 Å². The highest BCUT2D eigenvalue weighted by atomic mass is 19.1. The molecule has 0 saturated heterocycles. The quantitative estimate of drug-likeness (QED) is 0.674. The van der Waals surface area contributed by atoms with Gasteiger partial charge in [0.2, 0.25) is 0 Å². The van der Waals surface area contributed by atoms with Gasteiger partial charge in [0.05, 0.1) is 5.56 Å². The minimum atomic E-state index is -0.416. The monoisotopic (exact) mass is 194 g/mol. The van der Waals surface area contributed by atoms with E-state index in [1.54, 1.807) is 12.1 Å². The van der Waals surface area contributed by atoms with Gasteiger partial charge < -0.3 is 0 Å². The van der Waals surface area contributed by atoms with Crippen molar-refractivity contribution in [3.63, 3.8) is 0 Å². The summed E-state index contributed by atoms with van der Waals surface area (Å²) < 4.78 is 13.3. The summed E-state index contributed by atoms with van der Waals surface area (Å²) in [6.45, 7) is 5.60. The van der Waals surface area contributed by atoms with E-state index in [0.717, 1.165) is 12.0 Å². The molecule has 1 atom stereocenters. The first-order valence-electron chi connectivity index (χ1n) is 4.86. The number of hydrogen-bond acceptors (Lipinski definition) is 1. The van der Waals surface area contributed by atoms with Crippen LogP contribution in [-0.2, 0) is 0 Å². The lowest BCUT2D eigenvalue weighted by molar-refractivity contribution is 0.0923. The molecule has 0 aromatic heterocycles. The van der Waals surface area contributed by atoms with E-state index in [4.69, 9.17) is 0 Å². The largest absolute Gasteiger partial charge is 0.294 e. The predicted molar refractivity (Wildman–Crippen MR) is 54.9 cm³/mol. The third kappa shape index (κ3) is 2.19. The van der Waals surface area contributed by atoms with Gasteiger partial charge in [-0.3, -0.25) is 4.79 Å². The van der Waals surface area contributed by atoms with Crippen molar-refractivity contribution < 1.29 is 9.18 Å². The first kappa shape index (κ1) is 10.9. The average Bonchev–Trinajstić information content (AvgIpc) is 2.19. The highest BCUT2D eigenvalue weighted by Crippen LogP contribution is 2.16. The predicted octanol–water partition coefficient (Wildman–Crippen LogP) is 3.36. The van der Waals surface area contributed by atoms with E-state index in [1.807, 2.05) is 20.8 Å². The van der Waals surface area contributed by atoms with Crippen molar-refractivity contribution in [2.75, 3.05) is 0 Å². The molecule has 0 spiro atoms. The molecule has 1 aromatic carbocycles. The highest BCUT2D eigenvalue weighted by Gasteiger charge is 2.16. The molecule has 0 N–H and O–H groups in total. The smallest absolute Gasteiger partial charge is 0.168 e. The fourth-order valence-electron chi connectivity index (χ4n) is 1.28. The summed E-state index contributed by atoms with van der Waals surface area (Å²) in [4.78, 5) is 11.7. The normalized spacial score (nSPS) is 12.6. The Morgan fingerprint density at radius 3 is 2.71 bits per heavy atom. The zero-order valence-electron chi connectivity index (χ0n) is 8.80. The second-order valence-electron chi connectivity index (χ2n) is 3.66. The SMILES string of the molecule is CCC(C)C(=O)c1cc(C)ccc1F. The van der Waals surface area contributed by atoms with Gasteiger partial charge in [-0.25, -0.2) is 4.39 Å². The summed E-state index contributed by atoms with van der Waals surface area (Å²) >= 11 is 0. The van der Waals surface area contributed by atoms with E-state index in [0.29, 0.717) is 0 Å². The molecule has 0 aliphatic carbocycles. The van der Waals surface area contributed by atoms with Crippen molar-refractivity contribution in [1.29, 1.82) is 0 Å². The van der Waals surface area contributed by atoms with Crippen LogP contribution in [0.3, 0.4) is 0 Å². The van der Waals surface area contributed by atoms with Crippen molar-refractivity contribution >= 4 is 5.78 Å². The Bertz CT molecular complexity index is 344. The van der Waals surface area contributed by atoms with E-state index < -0.39 is 5.82 Å². The van der Waals surface area contributed by atoms with E-state index in [1.165, 1.54) is 6.07 Å². The fraction of sp³-hybridized carbons (Fsp3) is 0.417. The van der Waals surface area contributed by atoms with Gasteiger partial charge >= 0.3 is 0 Å². The minimum absolute atomic E-state index is 0.103. The van der Waals surface area contributed by atoms with Crippen LogP contribution in [0.4, 0.5) is 4.39 Å². The fourth-order valence-corrected chi connectivity index (χ4v) is 1.28. The summed E-state index contributed by atoms with van der Waals surface area (Å²) in [5.41, 5.74) is 1.14. The van der Waals surface area contributed by atoms with Crippen LogP contribution in [0, 0.1) is 18.7 Å². The number of hydrogen-bond donors (Lipinski definition) is 0. The number of benzene rings is 1. The second kappa shape index (κ2) is 4.36. The van der Waals surface area contributed by atoms with E-state index >= 15 is 0 Å². The first-order chi connectivity index (χ1) is 6.56. The summed E-state index contributed by atoms with van der Waals surface area (Å²) in [6.07, 6.45) is 0.742. The maximum Gasteiger partial charge on any atom is 0.168 e. The Kier molecular flexibility index (Phi) is 3.39. The third-order valence-corrected chi connectivity index (χ3v) is 2.45. The number of halogens is 1. The van der Waals surface area contributed by atoms with Crippen molar-refractivity contribution in [3.8, 4) is 0 Å². The molecule has 1 nitrogen and oxygen atoms in total. The maximum atomic E-state index is 13.3. The standard InChI is InChI=1S/C12H15FO/c1-4-9(3)12(14)10-7-8(2)5-6-11(10)13/h5-7,9H,4H2,1-3H3. The molecule has 0 aliphatic rings. The Morgan fingerprint density at radius 2 is 2.14 bits per heavy atom. The van der Waals surface area contributed by atoms with Crippen molar-refractivity contribution in [1.82, 2.24) is 0 Å². The molecule has 0 saturated carbocycles. The molecule has 0 bridgehead atoms. The first-order valence-corrected chi connectivity index (χ1v) is 4.86. The number of aryl methyl sites for hydroxylation is 1. The van der Waals surface area contributed by atoms with E-state index in [-0.39, 0.29) is 17.3 Å². The molecule has 1 rings (SSSR count). The van der Waals surface area contributed by atoms with Gasteiger partial charge in [-0.1, -0.05) is 25.5 Å². The zero-order valence-corrected chi connectivity index (χ0v) is 8.80. The lowest BCUT2D eigenvalue weighted by atomic mass is 9.96. The second-order valence-corrected chi connectivity index (χ2v) is 3.66. The van der Waals surface area contributed by atoms with Crippen LogP contribution in [0.5, 0.6) is 0 Å². The Morgan fingerprint density at radius 1 is 1.50 bits per heavy atom. The molecular formula is C12H15FO. The molecule has 0 radical (unpaired) electrons. The molecular weight excluding hydrogens is 179 g/mol. The average molecular weight is 194 g/mol. The number of carbonyl (C=O) groups excluding carboxylic acids is 1. The van der Waals surface area contributed by atoms with Crippen LogP contribution in [0.15, 0.2) is 18.2 Å². The van der Waals surface area contributed by atoms with Gasteiger partial charge in [0.15, 0.2) is 5.78 Å². The third-order valence-electron chi connectivity index (χ3n) is 2.45. The topological polar surface area (TPSA) is 17.1 Å². The van der Waals surface area contributed by atoms with Gasteiger partial charge in [0, 0.05) is 5.92 Å². The molecule has 0 amide bonds. The summed E-state index contributed by atoms with van der Waals surface area (Å²) in [6, 6.07) is 4.64. The highest BCUT2D eigenvalue weighted by molar-refractivity contribution is 5.98.